The van der Waals surface area contributed by atoms with Crippen molar-refractivity contribution >= 4 is 34.5 Å². The Bertz CT molecular complexity index is 1170. The average molecular weight is 480 g/mol. The molecule has 0 saturated heterocycles. The van der Waals surface area contributed by atoms with Crippen molar-refractivity contribution in [3.8, 4) is 11.5 Å². The quantitative estimate of drug-likeness (QED) is 0.511. The smallest absolute Gasteiger partial charge is 0.265 e. The summed E-state index contributed by atoms with van der Waals surface area (Å²) in [6.45, 7) is 5.26. The minimum atomic E-state index is -0.347. The Morgan fingerprint density at radius 3 is 2.26 bits per heavy atom. The number of rotatable bonds is 7. The maximum Gasteiger partial charge on any atom is 0.265 e. The monoisotopic (exact) mass is 479 g/mol. The third kappa shape index (κ3) is 4.93. The van der Waals surface area contributed by atoms with Crippen molar-refractivity contribution < 1.29 is 19.1 Å². The summed E-state index contributed by atoms with van der Waals surface area (Å²) in [4.78, 5) is 27.9. The fraction of sp³-hybridized carbons (Fsp3) is 0.308. The van der Waals surface area contributed by atoms with Crippen LogP contribution in [0.25, 0.3) is 0 Å². The standard InChI is InChI=1S/C26H29N3O4S/c1-26(2)20-15-22(33-4)21(32-3)14-17(20)11-12-29(26)16-24(30)27-18-7-9-19(10-8-18)28-25(31)23-6-5-13-34-23/h5-10,13-15H,11-12,16H2,1-4H3,(H,27,30)(H,28,31). The van der Waals surface area contributed by atoms with Gasteiger partial charge in [-0.25, -0.2) is 0 Å². The van der Waals surface area contributed by atoms with Gasteiger partial charge >= 0.3 is 0 Å². The van der Waals surface area contributed by atoms with Gasteiger partial charge in [0.05, 0.1) is 25.6 Å². The number of ether oxygens (including phenoxy) is 2. The van der Waals surface area contributed by atoms with Crippen molar-refractivity contribution in [1.29, 1.82) is 0 Å². The van der Waals surface area contributed by atoms with E-state index in [0.717, 1.165) is 24.3 Å². The van der Waals surface area contributed by atoms with Gasteiger partial charge in [0.1, 0.15) is 0 Å². The number of methoxy groups -OCH3 is 2. The minimum Gasteiger partial charge on any atom is -0.493 e. The summed E-state index contributed by atoms with van der Waals surface area (Å²) < 4.78 is 10.9. The van der Waals surface area contributed by atoms with E-state index in [1.165, 1.54) is 16.9 Å². The molecule has 1 aliphatic heterocycles. The average Bonchev–Trinajstić information content (AvgIpc) is 3.37. The summed E-state index contributed by atoms with van der Waals surface area (Å²) >= 11 is 1.39. The number of benzene rings is 2. The highest BCUT2D eigenvalue weighted by Crippen LogP contribution is 2.41. The Labute approximate surface area is 203 Å². The third-order valence-corrected chi connectivity index (χ3v) is 7.08. The molecule has 0 unspecified atom stereocenters. The summed E-state index contributed by atoms with van der Waals surface area (Å²) in [5, 5.41) is 7.69. The number of fused-ring (bicyclic) bond motifs is 1. The molecule has 0 saturated carbocycles. The second kappa shape index (κ2) is 9.87. The molecular weight excluding hydrogens is 450 g/mol. The molecule has 34 heavy (non-hydrogen) atoms. The van der Waals surface area contributed by atoms with E-state index in [1.54, 1.807) is 44.6 Å². The molecule has 2 N–H and O–H groups in total. The van der Waals surface area contributed by atoms with Crippen LogP contribution in [0.3, 0.4) is 0 Å². The second-order valence-electron chi connectivity index (χ2n) is 8.65. The van der Waals surface area contributed by atoms with E-state index in [1.807, 2.05) is 23.6 Å². The van der Waals surface area contributed by atoms with E-state index in [-0.39, 0.29) is 23.9 Å². The first-order chi connectivity index (χ1) is 16.3. The van der Waals surface area contributed by atoms with Gasteiger partial charge in [0.25, 0.3) is 5.91 Å². The number of amides is 2. The van der Waals surface area contributed by atoms with Crippen LogP contribution in [-0.4, -0.2) is 44.0 Å². The maximum atomic E-state index is 12.9. The first-order valence-electron chi connectivity index (χ1n) is 11.1. The molecule has 3 aromatic rings. The van der Waals surface area contributed by atoms with E-state index in [2.05, 4.69) is 29.4 Å². The molecule has 2 aromatic carbocycles. The molecule has 0 radical (unpaired) electrons. The van der Waals surface area contributed by atoms with E-state index < -0.39 is 0 Å². The van der Waals surface area contributed by atoms with Gasteiger partial charge in [-0.2, -0.15) is 0 Å². The van der Waals surface area contributed by atoms with E-state index in [9.17, 15) is 9.59 Å². The Kier molecular flexibility index (Phi) is 6.90. The van der Waals surface area contributed by atoms with Crippen LogP contribution < -0.4 is 20.1 Å². The molecule has 2 amide bonds. The molecule has 7 nitrogen and oxygen atoms in total. The summed E-state index contributed by atoms with van der Waals surface area (Å²) in [7, 11) is 3.27. The molecule has 4 rings (SSSR count). The van der Waals surface area contributed by atoms with E-state index in [0.29, 0.717) is 22.0 Å². The summed E-state index contributed by atoms with van der Waals surface area (Å²) in [5.41, 5.74) is 3.35. The zero-order chi connectivity index (χ0) is 24.3. The number of carbonyl (C=O) groups excluding carboxylic acids is 2. The van der Waals surface area contributed by atoms with Crippen molar-refractivity contribution in [3.05, 3.63) is 69.9 Å². The van der Waals surface area contributed by atoms with Crippen molar-refractivity contribution in [2.24, 2.45) is 0 Å². The predicted molar refractivity (Wildman–Crippen MR) is 135 cm³/mol. The number of nitrogens with zero attached hydrogens (tertiary/aromatic N) is 1. The third-order valence-electron chi connectivity index (χ3n) is 6.22. The molecule has 0 aliphatic carbocycles. The lowest BCUT2D eigenvalue weighted by molar-refractivity contribution is -0.119. The molecular formula is C26H29N3O4S. The molecule has 0 bridgehead atoms. The lowest BCUT2D eigenvalue weighted by Crippen LogP contribution is -2.49. The van der Waals surface area contributed by atoms with E-state index in [4.69, 9.17) is 9.47 Å². The first-order valence-corrected chi connectivity index (χ1v) is 11.9. The van der Waals surface area contributed by atoms with Gasteiger partial charge in [-0.15, -0.1) is 11.3 Å². The second-order valence-corrected chi connectivity index (χ2v) is 9.60. The molecule has 0 fully saturated rings. The minimum absolute atomic E-state index is 0.0904. The number of hydrogen-bond acceptors (Lipinski definition) is 6. The molecule has 0 spiro atoms. The largest absolute Gasteiger partial charge is 0.493 e. The van der Waals surface area contributed by atoms with Crippen LogP contribution >= 0.6 is 11.3 Å². The Morgan fingerprint density at radius 1 is 1.00 bits per heavy atom. The van der Waals surface area contributed by atoms with Crippen LogP contribution in [0, 0.1) is 0 Å². The summed E-state index contributed by atoms with van der Waals surface area (Å²) in [6, 6.07) is 14.8. The zero-order valence-electron chi connectivity index (χ0n) is 19.8. The van der Waals surface area contributed by atoms with Crippen molar-refractivity contribution in [2.75, 3.05) is 37.9 Å². The molecule has 0 atom stereocenters. The van der Waals surface area contributed by atoms with Crippen LogP contribution in [0.1, 0.15) is 34.6 Å². The first kappa shape index (κ1) is 23.8. The fourth-order valence-corrected chi connectivity index (χ4v) is 4.91. The topological polar surface area (TPSA) is 79.9 Å². The lowest BCUT2D eigenvalue weighted by atomic mass is 9.83. The highest BCUT2D eigenvalue weighted by atomic mass is 32.1. The molecule has 8 heteroatoms. The van der Waals surface area contributed by atoms with E-state index >= 15 is 0 Å². The molecule has 2 heterocycles. The maximum absolute atomic E-state index is 12.9. The SMILES string of the molecule is COc1cc2c(cc1OC)C(C)(C)N(CC(=O)Nc1ccc(NC(=O)c3cccs3)cc1)CC2. The van der Waals surface area contributed by atoms with Gasteiger partial charge in [0.2, 0.25) is 5.91 Å². The Balaban J connectivity index is 1.40. The van der Waals surface area contributed by atoms with Crippen LogP contribution in [0.5, 0.6) is 11.5 Å². The number of nitrogens with one attached hydrogen (secondary N) is 2. The van der Waals surface area contributed by atoms with Crippen LogP contribution in [0.2, 0.25) is 0 Å². The molecule has 1 aromatic heterocycles. The van der Waals surface area contributed by atoms with Gasteiger partial charge in [0, 0.05) is 23.5 Å². The van der Waals surface area contributed by atoms with Crippen molar-refractivity contribution in [1.82, 2.24) is 4.90 Å². The van der Waals surface area contributed by atoms with Crippen LogP contribution in [0.15, 0.2) is 53.9 Å². The number of thiophene rings is 1. The molecule has 1 aliphatic rings. The fourth-order valence-electron chi connectivity index (χ4n) is 4.29. The van der Waals surface area contributed by atoms with Crippen molar-refractivity contribution in [2.45, 2.75) is 25.8 Å². The lowest BCUT2D eigenvalue weighted by Gasteiger charge is -2.43. The van der Waals surface area contributed by atoms with Crippen molar-refractivity contribution in [3.63, 3.8) is 0 Å². The van der Waals surface area contributed by atoms with Gasteiger partial charge in [-0.1, -0.05) is 6.07 Å². The highest BCUT2D eigenvalue weighted by Gasteiger charge is 2.36. The van der Waals surface area contributed by atoms with Gasteiger partial charge in [0.15, 0.2) is 11.5 Å². The summed E-state index contributed by atoms with van der Waals surface area (Å²) in [5.74, 6) is 1.17. The number of carbonyl (C=O) groups is 2. The Hall–Kier alpha value is -3.36. The van der Waals surface area contributed by atoms with Crippen LogP contribution in [0.4, 0.5) is 11.4 Å². The van der Waals surface area contributed by atoms with Gasteiger partial charge < -0.3 is 20.1 Å². The molecule has 178 valence electrons. The normalized spacial score (nSPS) is 14.7. The number of hydrogen-bond donors (Lipinski definition) is 2. The Morgan fingerprint density at radius 2 is 1.65 bits per heavy atom. The number of anilines is 2. The summed E-state index contributed by atoms with van der Waals surface area (Å²) in [6.07, 6.45) is 0.824. The predicted octanol–water partition coefficient (Wildman–Crippen LogP) is 4.75. The highest BCUT2D eigenvalue weighted by molar-refractivity contribution is 7.12. The van der Waals surface area contributed by atoms with Crippen LogP contribution in [-0.2, 0) is 16.8 Å². The van der Waals surface area contributed by atoms with Gasteiger partial charge in [-0.05, 0) is 79.2 Å². The zero-order valence-corrected chi connectivity index (χ0v) is 20.6. The van der Waals surface area contributed by atoms with Gasteiger partial charge in [-0.3, -0.25) is 14.5 Å².